The van der Waals surface area contributed by atoms with E-state index in [0.29, 0.717) is 54.2 Å². The number of carbonyl (C=O) groups excluding carboxylic acids is 1. The average Bonchev–Trinajstić information content (AvgIpc) is 3.58. The maximum absolute atomic E-state index is 13.6. The molecular formula is C38H56N8O5Si. The molecule has 4 heterocycles. The molecule has 0 radical (unpaired) electrons. The van der Waals surface area contributed by atoms with Crippen LogP contribution in [0.1, 0.15) is 73.4 Å². The maximum atomic E-state index is 13.6. The van der Waals surface area contributed by atoms with Crippen LogP contribution in [-0.2, 0) is 25.9 Å². The molecule has 1 saturated heterocycles. The zero-order valence-electron chi connectivity index (χ0n) is 32.8. The van der Waals surface area contributed by atoms with Gasteiger partial charge in [-0.2, -0.15) is 5.26 Å². The molecule has 0 bridgehead atoms. The molecule has 0 aliphatic carbocycles. The third-order valence-corrected chi connectivity index (χ3v) is 14.3. The summed E-state index contributed by atoms with van der Waals surface area (Å²) in [4.78, 5) is 27.0. The molecule has 1 atom stereocenters. The van der Waals surface area contributed by atoms with Gasteiger partial charge in [-0.3, -0.25) is 14.5 Å². The van der Waals surface area contributed by atoms with Crippen LogP contribution in [-0.4, -0.2) is 96.8 Å². The summed E-state index contributed by atoms with van der Waals surface area (Å²) in [7, 11) is -2.15. The lowest BCUT2D eigenvalue weighted by atomic mass is 9.83. The zero-order valence-corrected chi connectivity index (χ0v) is 33.8. The molecule has 1 aromatic carbocycles. The highest BCUT2D eigenvalue weighted by atomic mass is 28.4. The van der Waals surface area contributed by atoms with Crippen molar-refractivity contribution < 1.29 is 23.4 Å². The largest absolute Gasteiger partial charge is 0.472 e. The summed E-state index contributed by atoms with van der Waals surface area (Å²) < 4.78 is 26.0. The first-order valence-corrected chi connectivity index (χ1v) is 21.1. The Balaban J connectivity index is 1.48. The topological polar surface area (TPSA) is 140 Å². The van der Waals surface area contributed by atoms with Crippen molar-refractivity contribution in [1.29, 1.82) is 5.26 Å². The Hall–Kier alpha value is -4.03. The van der Waals surface area contributed by atoms with Crippen molar-refractivity contribution in [2.75, 3.05) is 56.2 Å². The molecule has 2 aliphatic rings. The molecule has 0 spiro atoms. The van der Waals surface area contributed by atoms with Crippen molar-refractivity contribution in [2.45, 2.75) is 104 Å². The van der Waals surface area contributed by atoms with Gasteiger partial charge in [0.15, 0.2) is 8.32 Å². The van der Waals surface area contributed by atoms with E-state index in [0.717, 1.165) is 44.0 Å². The Morgan fingerprint density at radius 1 is 1.13 bits per heavy atom. The van der Waals surface area contributed by atoms with Crippen LogP contribution >= 0.6 is 0 Å². The molecule has 1 N–H and O–H groups in total. The molecular weight excluding hydrogens is 677 g/mol. The average molecular weight is 733 g/mol. The molecule has 3 aromatic rings. The monoisotopic (exact) mass is 732 g/mol. The normalized spacial score (nSPS) is 18.3. The van der Waals surface area contributed by atoms with Gasteiger partial charge in [-0.1, -0.05) is 27.7 Å². The van der Waals surface area contributed by atoms with E-state index in [1.54, 1.807) is 17.2 Å². The van der Waals surface area contributed by atoms with Crippen LogP contribution in [0, 0.1) is 11.3 Å². The summed E-state index contributed by atoms with van der Waals surface area (Å²) in [5.74, 6) is 0.826. The Labute approximate surface area is 309 Å². The number of nitrogens with zero attached hydrogens (tertiary/aromatic N) is 7. The Bertz CT molecular complexity index is 1780. The van der Waals surface area contributed by atoms with E-state index in [1.165, 1.54) is 0 Å². The number of hydrogen-bond donors (Lipinski definition) is 1. The van der Waals surface area contributed by atoms with E-state index in [1.807, 2.05) is 57.6 Å². The van der Waals surface area contributed by atoms with Gasteiger partial charge in [0.05, 0.1) is 49.0 Å². The highest BCUT2D eigenvalue weighted by Gasteiger charge is 2.47. The number of amides is 1. The highest BCUT2D eigenvalue weighted by Crippen LogP contribution is 2.47. The fourth-order valence-electron chi connectivity index (χ4n) is 5.97. The number of benzene rings is 1. The predicted molar refractivity (Wildman–Crippen MR) is 205 cm³/mol. The molecule has 13 nitrogen and oxygen atoms in total. The minimum absolute atomic E-state index is 0.00101. The predicted octanol–water partition coefficient (Wildman–Crippen LogP) is 7.11. The number of ether oxygens (including phenoxy) is 3. The van der Waals surface area contributed by atoms with E-state index in [-0.39, 0.29) is 11.1 Å². The molecule has 2 aliphatic heterocycles. The smallest absolute Gasteiger partial charge is 0.414 e. The minimum Gasteiger partial charge on any atom is -0.472 e. The lowest BCUT2D eigenvalue weighted by Gasteiger charge is -2.39. The summed E-state index contributed by atoms with van der Waals surface area (Å²) in [5, 5.41) is 18.5. The first-order chi connectivity index (χ1) is 24.3. The van der Waals surface area contributed by atoms with Crippen LogP contribution in [0.25, 0.3) is 11.3 Å². The number of hydrogen-bond acceptors (Lipinski definition) is 11. The number of anilines is 3. The van der Waals surface area contributed by atoms with Crippen molar-refractivity contribution >= 4 is 31.7 Å². The second-order valence-electron chi connectivity index (χ2n) is 16.8. The maximum Gasteiger partial charge on any atom is 0.414 e. The number of nitriles is 1. The van der Waals surface area contributed by atoms with Gasteiger partial charge in [0, 0.05) is 50.0 Å². The van der Waals surface area contributed by atoms with Crippen molar-refractivity contribution in [3.8, 4) is 23.2 Å². The Morgan fingerprint density at radius 2 is 1.85 bits per heavy atom. The first-order valence-electron chi connectivity index (χ1n) is 18.2. The third-order valence-electron chi connectivity index (χ3n) is 9.85. The fourth-order valence-corrected chi connectivity index (χ4v) is 7.08. The second kappa shape index (κ2) is 15.1. The highest BCUT2D eigenvalue weighted by molar-refractivity contribution is 6.74. The van der Waals surface area contributed by atoms with Crippen LogP contribution < -0.4 is 15.0 Å². The minimum atomic E-state index is -2.15. The number of morpholine rings is 1. The van der Waals surface area contributed by atoms with Crippen LogP contribution in [0.4, 0.5) is 22.1 Å². The lowest BCUT2D eigenvalue weighted by molar-refractivity contribution is 0.0359. The number of carbonyl (C=O) groups is 1. The summed E-state index contributed by atoms with van der Waals surface area (Å²) in [5.41, 5.74) is 2.43. The quantitative estimate of drug-likeness (QED) is 0.202. The van der Waals surface area contributed by atoms with Crippen LogP contribution in [0.5, 0.6) is 5.88 Å². The van der Waals surface area contributed by atoms with Gasteiger partial charge in [-0.15, -0.1) is 5.10 Å². The van der Waals surface area contributed by atoms with Crippen molar-refractivity contribution in [2.24, 2.45) is 0 Å². The molecule has 52 heavy (non-hydrogen) atoms. The lowest BCUT2D eigenvalue weighted by Crippen LogP contribution is -2.46. The molecule has 0 unspecified atom stereocenters. The molecule has 282 valence electrons. The van der Waals surface area contributed by atoms with Crippen molar-refractivity contribution in [3.05, 3.63) is 41.7 Å². The molecule has 5 rings (SSSR count). The summed E-state index contributed by atoms with van der Waals surface area (Å²) in [6, 6.07) is 7.98. The van der Waals surface area contributed by atoms with Gasteiger partial charge in [-0.05, 0) is 76.5 Å². The first kappa shape index (κ1) is 39.2. The molecule has 14 heteroatoms. The van der Waals surface area contributed by atoms with Crippen molar-refractivity contribution in [3.63, 3.8) is 0 Å². The van der Waals surface area contributed by atoms with Crippen molar-refractivity contribution in [1.82, 2.24) is 24.6 Å². The zero-order chi connectivity index (χ0) is 38.1. The van der Waals surface area contributed by atoms with E-state index in [2.05, 4.69) is 62.1 Å². The molecule has 1 fully saturated rings. The van der Waals surface area contributed by atoms with E-state index in [4.69, 9.17) is 28.7 Å². The van der Waals surface area contributed by atoms with Crippen LogP contribution in [0.3, 0.4) is 0 Å². The van der Waals surface area contributed by atoms with Gasteiger partial charge in [0.2, 0.25) is 5.95 Å². The Kier molecular flexibility index (Phi) is 11.4. The van der Waals surface area contributed by atoms with Gasteiger partial charge in [-0.25, -0.2) is 14.8 Å². The van der Waals surface area contributed by atoms with Crippen LogP contribution in [0.15, 0.2) is 30.6 Å². The summed E-state index contributed by atoms with van der Waals surface area (Å²) >= 11 is 0. The molecule has 2 aromatic heterocycles. The van der Waals surface area contributed by atoms with Gasteiger partial charge in [0.25, 0.3) is 5.88 Å². The van der Waals surface area contributed by atoms with Crippen LogP contribution in [0.2, 0.25) is 18.1 Å². The van der Waals surface area contributed by atoms with Gasteiger partial charge < -0.3 is 24.0 Å². The van der Waals surface area contributed by atoms with Gasteiger partial charge in [0.1, 0.15) is 17.4 Å². The molecule has 0 saturated carbocycles. The summed E-state index contributed by atoms with van der Waals surface area (Å²) in [6.07, 6.45) is 3.02. The fraction of sp³-hybridized carbons (Fsp3) is 0.605. The van der Waals surface area contributed by atoms with E-state index in [9.17, 15) is 10.1 Å². The third kappa shape index (κ3) is 9.12. The second-order valence-corrected chi connectivity index (χ2v) is 21.6. The van der Waals surface area contributed by atoms with Gasteiger partial charge >= 0.3 is 6.09 Å². The number of aromatic nitrogens is 4. The SMILES string of the molecule is CC(C)Oc1nn(CCN2CCOCC2)cc1Nc1nccc(-c2cc(C#N)c3c(c2)[C@@](C)(CO[Si](C)(C)C(C)(C)C)CN3C(=O)OC(C)(C)C)n1. The van der Waals surface area contributed by atoms with E-state index < -0.39 is 25.4 Å². The van der Waals surface area contributed by atoms with E-state index >= 15 is 0 Å². The number of rotatable bonds is 11. The molecule has 1 amide bonds. The Morgan fingerprint density at radius 3 is 2.48 bits per heavy atom. The number of fused-ring (bicyclic) bond motifs is 1. The standard InChI is InChI=1S/C38H56N8O5Si/c1-26(2)50-33-31(23-45(43-33)15-14-44-16-18-48-19-17-44)42-34-40-13-12-30(41-34)27-20-28(22-39)32-29(21-27)38(9,25-49-52(10,11)37(6,7)8)24-46(32)35(47)51-36(3,4)5/h12-13,20-21,23,26H,14-19,24-25H2,1-11H3,(H,40,41,42)/t38-/m1/s1. The number of nitrogens with one attached hydrogen (secondary N) is 1. The summed E-state index contributed by atoms with van der Waals surface area (Å²) in [6.45, 7) is 28.1.